The molecule has 0 aliphatic heterocycles. The molecule has 6 heteroatoms. The molecular formula is C16H15ClN4S. The van der Waals surface area contributed by atoms with Gasteiger partial charge in [-0.3, -0.25) is 0 Å². The van der Waals surface area contributed by atoms with Crippen LogP contribution in [0.1, 0.15) is 11.1 Å². The van der Waals surface area contributed by atoms with Crippen molar-refractivity contribution in [2.75, 3.05) is 5.32 Å². The summed E-state index contributed by atoms with van der Waals surface area (Å²) in [6.07, 6.45) is 0. The second-order valence-corrected chi connectivity index (χ2v) is 6.25. The van der Waals surface area contributed by atoms with Gasteiger partial charge < -0.3 is 5.32 Å². The number of thioether (sulfide) groups is 1. The van der Waals surface area contributed by atoms with E-state index >= 15 is 0 Å². The van der Waals surface area contributed by atoms with E-state index in [1.807, 2.05) is 36.4 Å². The number of nitrogens with one attached hydrogen (secondary N) is 2. The molecule has 0 amide bonds. The molecule has 0 bridgehead atoms. The number of rotatable bonds is 5. The van der Waals surface area contributed by atoms with Gasteiger partial charge in [0.15, 0.2) is 0 Å². The van der Waals surface area contributed by atoms with E-state index in [4.69, 9.17) is 11.6 Å². The Morgan fingerprint density at radius 1 is 1.09 bits per heavy atom. The molecule has 0 aliphatic rings. The Balaban J connectivity index is 1.59. The van der Waals surface area contributed by atoms with E-state index in [1.54, 1.807) is 11.8 Å². The summed E-state index contributed by atoms with van der Waals surface area (Å²) < 4.78 is 0. The molecule has 0 spiro atoms. The van der Waals surface area contributed by atoms with Gasteiger partial charge in [0.2, 0.25) is 11.1 Å². The summed E-state index contributed by atoms with van der Waals surface area (Å²) in [7, 11) is 0. The molecule has 0 saturated carbocycles. The second-order valence-electron chi connectivity index (χ2n) is 4.87. The fraction of sp³-hybridized carbons (Fsp3) is 0.125. The van der Waals surface area contributed by atoms with Crippen LogP contribution in [-0.4, -0.2) is 15.2 Å². The number of aryl methyl sites for hydroxylation is 1. The Hall–Kier alpha value is -1.98. The van der Waals surface area contributed by atoms with E-state index in [2.05, 4.69) is 39.6 Å². The lowest BCUT2D eigenvalue weighted by atomic mass is 10.2. The zero-order valence-electron chi connectivity index (χ0n) is 12.0. The van der Waals surface area contributed by atoms with Gasteiger partial charge in [-0.25, -0.2) is 5.10 Å². The smallest absolute Gasteiger partial charge is 0.223 e. The van der Waals surface area contributed by atoms with Gasteiger partial charge in [-0.15, -0.1) is 5.10 Å². The van der Waals surface area contributed by atoms with Crippen molar-refractivity contribution >= 4 is 35.0 Å². The molecule has 3 rings (SSSR count). The quantitative estimate of drug-likeness (QED) is 0.660. The number of anilines is 2. The third kappa shape index (κ3) is 4.02. The monoisotopic (exact) mass is 330 g/mol. The van der Waals surface area contributed by atoms with Crippen molar-refractivity contribution in [2.45, 2.75) is 17.8 Å². The number of nitrogens with zero attached hydrogens (tertiary/aromatic N) is 2. The number of aromatic amines is 1. The molecule has 1 aromatic heterocycles. The lowest BCUT2D eigenvalue weighted by Crippen LogP contribution is -1.92. The Bertz CT molecular complexity index is 738. The topological polar surface area (TPSA) is 53.6 Å². The first kappa shape index (κ1) is 14.9. The van der Waals surface area contributed by atoms with E-state index in [-0.39, 0.29) is 0 Å². The molecule has 3 aromatic rings. The molecule has 2 N–H and O–H groups in total. The third-order valence-electron chi connectivity index (χ3n) is 3.06. The highest BCUT2D eigenvalue weighted by molar-refractivity contribution is 7.98. The number of benzene rings is 2. The summed E-state index contributed by atoms with van der Waals surface area (Å²) in [5.74, 6) is 1.45. The summed E-state index contributed by atoms with van der Waals surface area (Å²) >= 11 is 7.45. The number of halogens is 1. The zero-order chi connectivity index (χ0) is 15.4. The molecule has 0 atom stereocenters. The van der Waals surface area contributed by atoms with Crippen molar-refractivity contribution in [3.05, 3.63) is 64.7 Å². The first-order chi connectivity index (χ1) is 10.7. The average molecular weight is 331 g/mol. The van der Waals surface area contributed by atoms with Crippen molar-refractivity contribution in [1.82, 2.24) is 15.2 Å². The van der Waals surface area contributed by atoms with Crippen LogP contribution in [0, 0.1) is 6.92 Å². The molecular weight excluding hydrogens is 316 g/mol. The Morgan fingerprint density at radius 2 is 1.82 bits per heavy atom. The molecule has 0 radical (unpaired) electrons. The molecule has 0 aliphatic carbocycles. The highest BCUT2D eigenvalue weighted by Crippen LogP contribution is 2.22. The SMILES string of the molecule is Cc1ccc(Nc2nc(SCc3ccc(Cl)cc3)n[nH]2)cc1. The minimum Gasteiger partial charge on any atom is -0.325 e. The van der Waals surface area contributed by atoms with E-state index < -0.39 is 0 Å². The molecule has 0 unspecified atom stereocenters. The lowest BCUT2D eigenvalue weighted by molar-refractivity contribution is 0.973. The minimum atomic E-state index is 0.641. The normalized spacial score (nSPS) is 10.6. The standard InChI is InChI=1S/C16H15ClN4S/c1-11-2-8-14(9-3-11)18-15-19-16(21-20-15)22-10-12-4-6-13(17)7-5-12/h2-9H,10H2,1H3,(H2,18,19,20,21). The van der Waals surface area contributed by atoms with Crippen LogP contribution in [0.15, 0.2) is 53.7 Å². The van der Waals surface area contributed by atoms with Crippen LogP contribution in [-0.2, 0) is 5.75 Å². The third-order valence-corrected chi connectivity index (χ3v) is 4.23. The van der Waals surface area contributed by atoms with Crippen LogP contribution in [0.2, 0.25) is 5.02 Å². The average Bonchev–Trinajstić information content (AvgIpc) is 2.97. The van der Waals surface area contributed by atoms with Gasteiger partial charge in [0.1, 0.15) is 0 Å². The molecule has 1 heterocycles. The molecule has 0 fully saturated rings. The van der Waals surface area contributed by atoms with Gasteiger partial charge >= 0.3 is 0 Å². The van der Waals surface area contributed by atoms with E-state index in [9.17, 15) is 0 Å². The maximum absolute atomic E-state index is 5.87. The van der Waals surface area contributed by atoms with E-state index in [0.29, 0.717) is 11.1 Å². The van der Waals surface area contributed by atoms with Crippen molar-refractivity contribution < 1.29 is 0 Å². The first-order valence-electron chi connectivity index (χ1n) is 6.82. The number of H-pyrrole nitrogens is 1. The van der Waals surface area contributed by atoms with Crippen LogP contribution < -0.4 is 5.32 Å². The summed E-state index contributed by atoms with van der Waals surface area (Å²) in [5, 5.41) is 11.8. The molecule has 22 heavy (non-hydrogen) atoms. The fourth-order valence-corrected chi connectivity index (χ4v) is 2.75. The van der Waals surface area contributed by atoms with Gasteiger partial charge in [0.25, 0.3) is 0 Å². The van der Waals surface area contributed by atoms with Gasteiger partial charge in [-0.2, -0.15) is 4.98 Å². The van der Waals surface area contributed by atoms with Crippen LogP contribution in [0.25, 0.3) is 0 Å². The van der Waals surface area contributed by atoms with E-state index in [1.165, 1.54) is 11.1 Å². The summed E-state index contributed by atoms with van der Waals surface area (Å²) in [4.78, 5) is 4.42. The summed E-state index contributed by atoms with van der Waals surface area (Å²) in [6.45, 7) is 2.06. The van der Waals surface area contributed by atoms with Gasteiger partial charge in [-0.1, -0.05) is 53.2 Å². The van der Waals surface area contributed by atoms with Crippen molar-refractivity contribution in [1.29, 1.82) is 0 Å². The second kappa shape index (κ2) is 6.85. The summed E-state index contributed by atoms with van der Waals surface area (Å²) in [5.41, 5.74) is 3.39. The van der Waals surface area contributed by atoms with E-state index in [0.717, 1.165) is 16.5 Å². The van der Waals surface area contributed by atoms with Crippen LogP contribution in [0.5, 0.6) is 0 Å². The van der Waals surface area contributed by atoms with Crippen molar-refractivity contribution in [3.8, 4) is 0 Å². The number of aromatic nitrogens is 3. The molecule has 4 nitrogen and oxygen atoms in total. The predicted octanol–water partition coefficient (Wildman–Crippen LogP) is 4.80. The predicted molar refractivity (Wildman–Crippen MR) is 91.9 cm³/mol. The summed E-state index contributed by atoms with van der Waals surface area (Å²) in [6, 6.07) is 15.9. The minimum absolute atomic E-state index is 0.641. The van der Waals surface area contributed by atoms with Crippen LogP contribution in [0.3, 0.4) is 0 Å². The van der Waals surface area contributed by atoms with Crippen molar-refractivity contribution in [3.63, 3.8) is 0 Å². The van der Waals surface area contributed by atoms with Crippen molar-refractivity contribution in [2.24, 2.45) is 0 Å². The van der Waals surface area contributed by atoms with Gasteiger partial charge in [0.05, 0.1) is 0 Å². The molecule has 0 saturated heterocycles. The highest BCUT2D eigenvalue weighted by Gasteiger charge is 2.05. The largest absolute Gasteiger partial charge is 0.325 e. The number of hydrogen-bond donors (Lipinski definition) is 2. The fourth-order valence-electron chi connectivity index (χ4n) is 1.87. The maximum atomic E-state index is 5.87. The zero-order valence-corrected chi connectivity index (χ0v) is 13.6. The van der Waals surface area contributed by atoms with Gasteiger partial charge in [-0.05, 0) is 36.8 Å². The first-order valence-corrected chi connectivity index (χ1v) is 8.19. The van der Waals surface area contributed by atoms with Crippen LogP contribution in [0.4, 0.5) is 11.6 Å². The molecule has 2 aromatic carbocycles. The molecule has 112 valence electrons. The van der Waals surface area contributed by atoms with Gasteiger partial charge in [0, 0.05) is 16.5 Å². The Labute approximate surface area is 138 Å². The lowest BCUT2D eigenvalue weighted by Gasteiger charge is -2.01. The maximum Gasteiger partial charge on any atom is 0.223 e. The van der Waals surface area contributed by atoms with Crippen LogP contribution >= 0.6 is 23.4 Å². The Morgan fingerprint density at radius 3 is 2.55 bits per heavy atom. The highest BCUT2D eigenvalue weighted by atomic mass is 35.5. The number of hydrogen-bond acceptors (Lipinski definition) is 4. The Kier molecular flexibility index (Phi) is 4.65.